The summed E-state index contributed by atoms with van der Waals surface area (Å²) < 4.78 is 18.3. The van der Waals surface area contributed by atoms with Gasteiger partial charge in [0, 0.05) is 43.6 Å². The number of piperazine rings is 1. The van der Waals surface area contributed by atoms with E-state index in [1.807, 2.05) is 4.90 Å². The molecule has 1 fully saturated rings. The van der Waals surface area contributed by atoms with Crippen LogP contribution in [0.5, 0.6) is 0 Å². The molecule has 1 aliphatic rings. The molecule has 0 unspecified atom stereocenters. The van der Waals surface area contributed by atoms with Gasteiger partial charge in [0.05, 0.1) is 6.61 Å². The summed E-state index contributed by atoms with van der Waals surface area (Å²) >= 11 is 0. The van der Waals surface area contributed by atoms with Crippen molar-refractivity contribution in [2.45, 2.75) is 6.92 Å². The minimum atomic E-state index is -0.414. The standard InChI is InChI=1S/C19H21FN4O3/c1-2-27-19(26)24-10-8-23(9-11-24)17-12-14(6-7-21-17)18(25)22-16-5-3-4-15(20)13-16/h3-7,12-13H,2,8-11H2,1H3,(H,22,25). The number of anilines is 2. The second-order valence-electron chi connectivity index (χ2n) is 6.04. The van der Waals surface area contributed by atoms with Gasteiger partial charge in [0.15, 0.2) is 0 Å². The van der Waals surface area contributed by atoms with Crippen LogP contribution < -0.4 is 10.2 Å². The van der Waals surface area contributed by atoms with Crippen molar-refractivity contribution in [3.05, 3.63) is 54.0 Å². The van der Waals surface area contributed by atoms with Crippen molar-refractivity contribution in [2.24, 2.45) is 0 Å². The number of aromatic nitrogens is 1. The van der Waals surface area contributed by atoms with Crippen molar-refractivity contribution >= 4 is 23.5 Å². The minimum absolute atomic E-state index is 0.312. The molecule has 0 radical (unpaired) electrons. The quantitative estimate of drug-likeness (QED) is 0.893. The topological polar surface area (TPSA) is 74.8 Å². The van der Waals surface area contributed by atoms with Gasteiger partial charge in [-0.3, -0.25) is 4.79 Å². The molecule has 2 aromatic rings. The molecule has 1 N–H and O–H groups in total. The lowest BCUT2D eigenvalue weighted by atomic mass is 10.2. The number of hydrogen-bond acceptors (Lipinski definition) is 5. The Kier molecular flexibility index (Phi) is 5.85. The number of carbonyl (C=O) groups excluding carboxylic acids is 2. The average molecular weight is 372 g/mol. The highest BCUT2D eigenvalue weighted by molar-refractivity contribution is 6.04. The zero-order chi connectivity index (χ0) is 19.2. The van der Waals surface area contributed by atoms with E-state index in [0.29, 0.717) is 49.9 Å². The smallest absolute Gasteiger partial charge is 0.409 e. The maximum Gasteiger partial charge on any atom is 0.409 e. The maximum atomic E-state index is 13.3. The first-order valence-electron chi connectivity index (χ1n) is 8.76. The van der Waals surface area contributed by atoms with Crippen LogP contribution in [0.3, 0.4) is 0 Å². The maximum absolute atomic E-state index is 13.3. The highest BCUT2D eigenvalue weighted by atomic mass is 19.1. The Balaban J connectivity index is 1.64. The third-order valence-corrected chi connectivity index (χ3v) is 4.22. The third kappa shape index (κ3) is 4.72. The highest BCUT2D eigenvalue weighted by Crippen LogP contribution is 2.17. The van der Waals surface area contributed by atoms with Crippen LogP contribution in [-0.2, 0) is 4.74 Å². The zero-order valence-electron chi connectivity index (χ0n) is 15.0. The summed E-state index contributed by atoms with van der Waals surface area (Å²) in [6, 6.07) is 9.02. The van der Waals surface area contributed by atoms with Gasteiger partial charge in [0.25, 0.3) is 5.91 Å². The van der Waals surface area contributed by atoms with Crippen molar-refractivity contribution in [3.63, 3.8) is 0 Å². The van der Waals surface area contributed by atoms with Crippen molar-refractivity contribution < 1.29 is 18.7 Å². The number of rotatable bonds is 4. The average Bonchev–Trinajstić information content (AvgIpc) is 2.68. The molecule has 2 heterocycles. The molecule has 0 spiro atoms. The summed E-state index contributed by atoms with van der Waals surface area (Å²) in [5.41, 5.74) is 0.818. The van der Waals surface area contributed by atoms with Gasteiger partial charge in [0.2, 0.25) is 0 Å². The van der Waals surface area contributed by atoms with Crippen LogP contribution >= 0.6 is 0 Å². The summed E-state index contributed by atoms with van der Waals surface area (Å²) in [4.78, 5) is 32.2. The van der Waals surface area contributed by atoms with Crippen molar-refractivity contribution in [3.8, 4) is 0 Å². The molecule has 1 aromatic carbocycles. The van der Waals surface area contributed by atoms with Crippen LogP contribution in [0.15, 0.2) is 42.6 Å². The van der Waals surface area contributed by atoms with Crippen molar-refractivity contribution in [1.29, 1.82) is 0 Å². The molecule has 0 bridgehead atoms. The van der Waals surface area contributed by atoms with Crippen LogP contribution in [0.1, 0.15) is 17.3 Å². The van der Waals surface area contributed by atoms with E-state index in [4.69, 9.17) is 4.74 Å². The number of carbonyl (C=O) groups is 2. The first-order valence-corrected chi connectivity index (χ1v) is 8.76. The van der Waals surface area contributed by atoms with E-state index in [-0.39, 0.29) is 12.0 Å². The number of ether oxygens (including phenoxy) is 1. The largest absolute Gasteiger partial charge is 0.450 e. The second-order valence-corrected chi connectivity index (χ2v) is 6.04. The van der Waals surface area contributed by atoms with Crippen molar-refractivity contribution in [2.75, 3.05) is 43.0 Å². The van der Waals surface area contributed by atoms with Crippen LogP contribution in [0, 0.1) is 5.82 Å². The zero-order valence-corrected chi connectivity index (χ0v) is 15.0. The van der Waals surface area contributed by atoms with E-state index >= 15 is 0 Å². The van der Waals surface area contributed by atoms with E-state index in [0.717, 1.165) is 0 Å². The number of halogens is 1. The molecule has 8 heteroatoms. The predicted molar refractivity (Wildman–Crippen MR) is 99.4 cm³/mol. The predicted octanol–water partition coefficient (Wildman–Crippen LogP) is 2.75. The molecule has 7 nitrogen and oxygen atoms in total. The molecule has 3 rings (SSSR count). The fourth-order valence-electron chi connectivity index (χ4n) is 2.83. The summed E-state index contributed by atoms with van der Waals surface area (Å²) in [6.07, 6.45) is 1.25. The van der Waals surface area contributed by atoms with Gasteiger partial charge in [0.1, 0.15) is 11.6 Å². The molecular formula is C19H21FN4O3. The Morgan fingerprint density at radius 1 is 1.19 bits per heavy atom. The van der Waals surface area contributed by atoms with Gasteiger partial charge in [-0.25, -0.2) is 14.2 Å². The number of amides is 2. The lowest BCUT2D eigenvalue weighted by Crippen LogP contribution is -2.49. The molecule has 27 heavy (non-hydrogen) atoms. The van der Waals surface area contributed by atoms with Crippen LogP contribution in [0.4, 0.5) is 20.7 Å². The van der Waals surface area contributed by atoms with Gasteiger partial charge >= 0.3 is 6.09 Å². The Bertz CT molecular complexity index is 822. The van der Waals surface area contributed by atoms with Gasteiger partial charge in [-0.2, -0.15) is 0 Å². The van der Waals surface area contributed by atoms with E-state index < -0.39 is 5.82 Å². The van der Waals surface area contributed by atoms with Gasteiger partial charge < -0.3 is 19.9 Å². The Morgan fingerprint density at radius 2 is 1.96 bits per heavy atom. The summed E-state index contributed by atoms with van der Waals surface area (Å²) in [5.74, 6) is -0.0949. The Hall–Kier alpha value is -3.16. The van der Waals surface area contributed by atoms with Crippen LogP contribution in [0.2, 0.25) is 0 Å². The molecule has 1 aromatic heterocycles. The SMILES string of the molecule is CCOC(=O)N1CCN(c2cc(C(=O)Nc3cccc(F)c3)ccn2)CC1. The Labute approximate surface area is 156 Å². The number of nitrogens with zero attached hydrogens (tertiary/aromatic N) is 3. The number of hydrogen-bond donors (Lipinski definition) is 1. The van der Waals surface area contributed by atoms with Gasteiger partial charge in [-0.1, -0.05) is 6.07 Å². The summed E-state index contributed by atoms with van der Waals surface area (Å²) in [7, 11) is 0. The molecule has 0 atom stereocenters. The molecule has 142 valence electrons. The number of pyridine rings is 1. The van der Waals surface area contributed by atoms with Crippen molar-refractivity contribution in [1.82, 2.24) is 9.88 Å². The molecule has 0 aliphatic carbocycles. The summed E-state index contributed by atoms with van der Waals surface area (Å²) in [6.45, 7) is 4.38. The normalized spacial score (nSPS) is 14.0. The lowest BCUT2D eigenvalue weighted by Gasteiger charge is -2.34. The molecule has 2 amide bonds. The van der Waals surface area contributed by atoms with E-state index in [1.165, 1.54) is 18.2 Å². The minimum Gasteiger partial charge on any atom is -0.450 e. The highest BCUT2D eigenvalue weighted by Gasteiger charge is 2.23. The molecule has 0 saturated carbocycles. The fraction of sp³-hybridized carbons (Fsp3) is 0.316. The van der Waals surface area contributed by atoms with Crippen LogP contribution in [0.25, 0.3) is 0 Å². The number of nitrogens with one attached hydrogen (secondary N) is 1. The molecule has 1 aliphatic heterocycles. The Morgan fingerprint density at radius 3 is 2.67 bits per heavy atom. The molecular weight excluding hydrogens is 351 g/mol. The first kappa shape index (κ1) is 18.6. The van der Waals surface area contributed by atoms with E-state index in [1.54, 1.807) is 36.2 Å². The van der Waals surface area contributed by atoms with E-state index in [9.17, 15) is 14.0 Å². The van der Waals surface area contributed by atoms with Gasteiger partial charge in [-0.15, -0.1) is 0 Å². The fourth-order valence-corrected chi connectivity index (χ4v) is 2.83. The first-order chi connectivity index (χ1) is 13.1. The van der Waals surface area contributed by atoms with E-state index in [2.05, 4.69) is 10.3 Å². The van der Waals surface area contributed by atoms with Gasteiger partial charge in [-0.05, 0) is 37.3 Å². The monoisotopic (exact) mass is 372 g/mol. The molecule has 1 saturated heterocycles. The van der Waals surface area contributed by atoms with Crippen LogP contribution in [-0.4, -0.2) is 54.7 Å². The second kappa shape index (κ2) is 8.48. The summed E-state index contributed by atoms with van der Waals surface area (Å²) in [5, 5.41) is 2.67. The lowest BCUT2D eigenvalue weighted by molar-refractivity contribution is 0.102. The number of benzene rings is 1. The third-order valence-electron chi connectivity index (χ3n) is 4.22.